The zero-order valence-corrected chi connectivity index (χ0v) is 11.6. The Morgan fingerprint density at radius 3 is 2.84 bits per heavy atom. The lowest BCUT2D eigenvalue weighted by Gasteiger charge is -2.03. The number of rotatable bonds is 3. The molecule has 19 heavy (non-hydrogen) atoms. The van der Waals surface area contributed by atoms with Gasteiger partial charge < -0.3 is 10.3 Å². The Bertz CT molecular complexity index is 726. The van der Waals surface area contributed by atoms with Crippen LogP contribution in [0.3, 0.4) is 0 Å². The van der Waals surface area contributed by atoms with Crippen LogP contribution < -0.4 is 5.32 Å². The number of halogens is 1. The second-order valence-electron chi connectivity index (χ2n) is 4.62. The molecule has 0 spiro atoms. The van der Waals surface area contributed by atoms with E-state index in [-0.39, 0.29) is 0 Å². The lowest BCUT2D eigenvalue weighted by atomic mass is 10.2. The molecule has 0 radical (unpaired) electrons. The largest absolute Gasteiger partial charge is 0.377 e. The highest BCUT2D eigenvalue weighted by molar-refractivity contribution is 6.36. The van der Waals surface area contributed by atoms with Gasteiger partial charge >= 0.3 is 0 Å². The Labute approximate surface area is 116 Å². The third-order valence-corrected chi connectivity index (χ3v) is 3.61. The number of aromatic amines is 1. The molecule has 98 valence electrons. The molecule has 0 saturated carbocycles. The summed E-state index contributed by atoms with van der Waals surface area (Å²) in [4.78, 5) is 3.34. The minimum Gasteiger partial charge on any atom is -0.377 e. The highest BCUT2D eigenvalue weighted by atomic mass is 35.5. The number of nitrogens with zero attached hydrogens (tertiary/aromatic N) is 2. The number of para-hydroxylation sites is 1. The number of hydrogen-bond donors (Lipinski definition) is 2. The van der Waals surface area contributed by atoms with E-state index in [1.807, 2.05) is 44.4 Å². The molecule has 0 unspecified atom stereocenters. The quantitative estimate of drug-likeness (QED) is 0.768. The van der Waals surface area contributed by atoms with E-state index in [9.17, 15) is 0 Å². The summed E-state index contributed by atoms with van der Waals surface area (Å²) >= 11 is 6.38. The van der Waals surface area contributed by atoms with Crippen molar-refractivity contribution in [2.24, 2.45) is 7.05 Å². The second kappa shape index (κ2) is 4.63. The van der Waals surface area contributed by atoms with E-state index in [0.29, 0.717) is 6.54 Å². The Hall–Kier alpha value is -1.94. The molecule has 1 aromatic carbocycles. The van der Waals surface area contributed by atoms with Gasteiger partial charge in [0.2, 0.25) is 0 Å². The first kappa shape index (κ1) is 12.1. The molecule has 3 rings (SSSR count). The zero-order valence-electron chi connectivity index (χ0n) is 10.9. The molecule has 5 heteroatoms. The fourth-order valence-corrected chi connectivity index (χ4v) is 2.52. The topological polar surface area (TPSA) is 45.6 Å². The van der Waals surface area contributed by atoms with Crippen molar-refractivity contribution in [3.8, 4) is 0 Å². The summed E-state index contributed by atoms with van der Waals surface area (Å²) in [7, 11) is 1.91. The van der Waals surface area contributed by atoms with E-state index in [1.165, 1.54) is 0 Å². The van der Waals surface area contributed by atoms with E-state index in [0.717, 1.165) is 33.0 Å². The standard InChI is InChI=1S/C14H15ClN4/c1-9-13(8-19(2)18-9)16-7-12-14(15)10-5-3-4-6-11(10)17-12/h3-6,8,16-17H,7H2,1-2H3. The van der Waals surface area contributed by atoms with Crippen molar-refractivity contribution in [2.45, 2.75) is 13.5 Å². The average molecular weight is 275 g/mol. The van der Waals surface area contributed by atoms with E-state index in [1.54, 1.807) is 4.68 Å². The van der Waals surface area contributed by atoms with Crippen LogP contribution in [0.25, 0.3) is 10.9 Å². The zero-order chi connectivity index (χ0) is 13.4. The van der Waals surface area contributed by atoms with Crippen LogP contribution >= 0.6 is 11.6 Å². The molecule has 3 aromatic rings. The van der Waals surface area contributed by atoms with Gasteiger partial charge in [-0.1, -0.05) is 29.8 Å². The minimum absolute atomic E-state index is 0.653. The summed E-state index contributed by atoms with van der Waals surface area (Å²) in [5, 5.41) is 9.49. The van der Waals surface area contributed by atoms with Crippen molar-refractivity contribution in [1.29, 1.82) is 0 Å². The molecular weight excluding hydrogens is 260 g/mol. The molecule has 0 aliphatic rings. The van der Waals surface area contributed by atoms with Gasteiger partial charge in [0.05, 0.1) is 28.6 Å². The fourth-order valence-electron chi connectivity index (χ4n) is 2.24. The third kappa shape index (κ3) is 2.19. The molecule has 0 bridgehead atoms. The summed E-state index contributed by atoms with van der Waals surface area (Å²) < 4.78 is 1.80. The molecule has 2 heterocycles. The number of aromatic nitrogens is 3. The molecule has 0 atom stereocenters. The number of anilines is 1. The lowest BCUT2D eigenvalue weighted by Crippen LogP contribution is -2.00. The molecule has 0 amide bonds. The van der Waals surface area contributed by atoms with Crippen LogP contribution in [0.2, 0.25) is 5.02 Å². The molecule has 0 fully saturated rings. The number of nitrogens with one attached hydrogen (secondary N) is 2. The predicted octanol–water partition coefficient (Wildman–Crippen LogP) is 3.48. The maximum atomic E-state index is 6.38. The van der Waals surface area contributed by atoms with E-state index in [4.69, 9.17) is 11.6 Å². The first-order valence-corrected chi connectivity index (χ1v) is 6.52. The van der Waals surface area contributed by atoms with Crippen LogP contribution in [-0.2, 0) is 13.6 Å². The van der Waals surface area contributed by atoms with E-state index >= 15 is 0 Å². The van der Waals surface area contributed by atoms with Gasteiger partial charge in [-0.3, -0.25) is 4.68 Å². The summed E-state index contributed by atoms with van der Waals surface area (Å²) in [6.45, 7) is 2.63. The third-order valence-electron chi connectivity index (χ3n) is 3.18. The SMILES string of the molecule is Cc1nn(C)cc1NCc1[nH]c2ccccc2c1Cl. The van der Waals surface area contributed by atoms with Crippen LogP contribution in [0.15, 0.2) is 30.5 Å². The minimum atomic E-state index is 0.653. The van der Waals surface area contributed by atoms with Crippen LogP contribution in [0.4, 0.5) is 5.69 Å². The van der Waals surface area contributed by atoms with Crippen LogP contribution in [0.1, 0.15) is 11.4 Å². The molecule has 2 aromatic heterocycles. The molecule has 2 N–H and O–H groups in total. The number of H-pyrrole nitrogens is 1. The highest BCUT2D eigenvalue weighted by Gasteiger charge is 2.09. The smallest absolute Gasteiger partial charge is 0.0825 e. The lowest BCUT2D eigenvalue weighted by molar-refractivity contribution is 0.756. The molecule has 4 nitrogen and oxygen atoms in total. The van der Waals surface area contributed by atoms with Gasteiger partial charge in [0.1, 0.15) is 0 Å². The Morgan fingerprint density at radius 1 is 1.37 bits per heavy atom. The predicted molar refractivity (Wildman–Crippen MR) is 78.6 cm³/mol. The van der Waals surface area contributed by atoms with Crippen molar-refractivity contribution in [2.75, 3.05) is 5.32 Å². The molecular formula is C14H15ClN4. The van der Waals surface area contributed by atoms with Crippen LogP contribution in [0, 0.1) is 6.92 Å². The Kier molecular flexibility index (Phi) is 2.95. The van der Waals surface area contributed by atoms with Gasteiger partial charge in [-0.15, -0.1) is 0 Å². The van der Waals surface area contributed by atoms with Crippen molar-refractivity contribution in [3.05, 3.63) is 46.9 Å². The van der Waals surface area contributed by atoms with Gasteiger partial charge in [0, 0.05) is 24.1 Å². The first-order valence-electron chi connectivity index (χ1n) is 6.14. The maximum Gasteiger partial charge on any atom is 0.0825 e. The van der Waals surface area contributed by atoms with Gasteiger partial charge in [-0.05, 0) is 13.0 Å². The summed E-state index contributed by atoms with van der Waals surface area (Å²) in [5.74, 6) is 0. The summed E-state index contributed by atoms with van der Waals surface area (Å²) in [5.41, 5.74) is 4.06. The Balaban J connectivity index is 1.86. The summed E-state index contributed by atoms with van der Waals surface area (Å²) in [6, 6.07) is 8.04. The monoisotopic (exact) mass is 274 g/mol. The normalized spacial score (nSPS) is 11.1. The highest BCUT2D eigenvalue weighted by Crippen LogP contribution is 2.27. The number of benzene rings is 1. The second-order valence-corrected chi connectivity index (χ2v) is 5.00. The van der Waals surface area contributed by atoms with Crippen molar-refractivity contribution < 1.29 is 0 Å². The maximum absolute atomic E-state index is 6.38. The van der Waals surface area contributed by atoms with Crippen LogP contribution in [0.5, 0.6) is 0 Å². The Morgan fingerprint density at radius 2 is 2.16 bits per heavy atom. The van der Waals surface area contributed by atoms with Crippen molar-refractivity contribution in [3.63, 3.8) is 0 Å². The van der Waals surface area contributed by atoms with Gasteiger partial charge in [-0.25, -0.2) is 0 Å². The molecule has 0 aliphatic carbocycles. The van der Waals surface area contributed by atoms with Crippen LogP contribution in [-0.4, -0.2) is 14.8 Å². The number of aryl methyl sites for hydroxylation is 2. The average Bonchev–Trinajstić information content (AvgIpc) is 2.88. The van der Waals surface area contributed by atoms with Gasteiger partial charge in [0.25, 0.3) is 0 Å². The molecule has 0 saturated heterocycles. The number of fused-ring (bicyclic) bond motifs is 1. The van der Waals surface area contributed by atoms with Crippen molar-refractivity contribution >= 4 is 28.2 Å². The number of hydrogen-bond acceptors (Lipinski definition) is 2. The first-order chi connectivity index (χ1) is 9.15. The van der Waals surface area contributed by atoms with E-state index < -0.39 is 0 Å². The van der Waals surface area contributed by atoms with E-state index in [2.05, 4.69) is 15.4 Å². The molecule has 0 aliphatic heterocycles. The van der Waals surface area contributed by atoms with Gasteiger partial charge in [0.15, 0.2) is 0 Å². The van der Waals surface area contributed by atoms with Crippen molar-refractivity contribution in [1.82, 2.24) is 14.8 Å². The fraction of sp³-hybridized carbons (Fsp3) is 0.214. The van der Waals surface area contributed by atoms with Gasteiger partial charge in [-0.2, -0.15) is 5.10 Å². The summed E-state index contributed by atoms with van der Waals surface area (Å²) in [6.07, 6.45) is 1.96.